The number of nitrogens with zero attached hydrogens (tertiary/aromatic N) is 4. The minimum Gasteiger partial charge on any atom is -0.456 e. The van der Waals surface area contributed by atoms with Crippen molar-refractivity contribution in [1.29, 1.82) is 0 Å². The van der Waals surface area contributed by atoms with Gasteiger partial charge in [0.15, 0.2) is 0 Å². The molecule has 0 N–H and O–H groups in total. The fourth-order valence-corrected chi connectivity index (χ4v) is 8.72. The van der Waals surface area contributed by atoms with E-state index in [0.29, 0.717) is 17.1 Å². The van der Waals surface area contributed by atoms with Crippen LogP contribution in [0.3, 0.4) is 0 Å². The maximum Gasteiger partial charge on any atom is 0.235 e. The molecule has 0 aliphatic heterocycles. The Hall–Kier alpha value is -7.83. The van der Waals surface area contributed by atoms with Crippen LogP contribution in [0.5, 0.6) is 0 Å². The molecule has 8 aromatic carbocycles. The Kier molecular flexibility index (Phi) is 7.04. The first-order chi connectivity index (χ1) is 28.6. The summed E-state index contributed by atoms with van der Waals surface area (Å²) in [7, 11) is 0. The molecule has 4 aromatic heterocycles. The smallest absolute Gasteiger partial charge is 0.235 e. The fourth-order valence-electron chi connectivity index (χ4n) is 8.72. The first-order valence-corrected chi connectivity index (χ1v) is 19.3. The fraction of sp³-hybridized carbons (Fsp3) is 0. The lowest BCUT2D eigenvalue weighted by Gasteiger charge is -2.12. The highest BCUT2D eigenvalue weighted by Gasteiger charge is 2.20. The molecule has 4 heterocycles. The number of para-hydroxylation sites is 3. The molecule has 0 unspecified atom stereocenters. The molecule has 0 aliphatic carbocycles. The molecular weight excluding hydrogens is 716 g/mol. The molecule has 0 radical (unpaired) electrons. The summed E-state index contributed by atoms with van der Waals surface area (Å²) >= 11 is 0. The zero-order chi connectivity index (χ0) is 38.3. The Morgan fingerprint density at radius 3 is 1.71 bits per heavy atom. The zero-order valence-electron chi connectivity index (χ0n) is 31.0. The van der Waals surface area contributed by atoms with Crippen LogP contribution >= 0.6 is 0 Å². The summed E-state index contributed by atoms with van der Waals surface area (Å²) in [4.78, 5) is 10.6. The van der Waals surface area contributed by atoms with Gasteiger partial charge in [0.2, 0.25) is 5.95 Å². The van der Waals surface area contributed by atoms with Crippen molar-refractivity contribution in [2.75, 3.05) is 0 Å². The minimum absolute atomic E-state index is 0.305. The Bertz CT molecular complexity index is 3580. The molecule has 58 heavy (non-hydrogen) atoms. The number of rotatable bonds is 5. The van der Waals surface area contributed by atoms with Crippen molar-refractivity contribution in [2.45, 2.75) is 0 Å². The lowest BCUT2D eigenvalue weighted by atomic mass is 10.0. The lowest BCUT2D eigenvalue weighted by Crippen LogP contribution is -2.04. The molecular formula is C52H31FN4O. The van der Waals surface area contributed by atoms with Crippen molar-refractivity contribution < 1.29 is 8.81 Å². The Morgan fingerprint density at radius 1 is 0.362 bits per heavy atom. The van der Waals surface area contributed by atoms with Crippen LogP contribution < -0.4 is 0 Å². The number of aromatic nitrogens is 4. The third kappa shape index (κ3) is 5.02. The van der Waals surface area contributed by atoms with E-state index in [4.69, 9.17) is 14.4 Å². The van der Waals surface area contributed by atoms with Gasteiger partial charge in [0.05, 0.1) is 33.5 Å². The van der Waals surface area contributed by atoms with Crippen LogP contribution in [0.2, 0.25) is 0 Å². The maximum atomic E-state index is 14.4. The summed E-state index contributed by atoms with van der Waals surface area (Å²) in [6, 6.07) is 63.9. The summed E-state index contributed by atoms with van der Waals surface area (Å²) in [5, 5.41) is 6.21. The van der Waals surface area contributed by atoms with Crippen LogP contribution in [0, 0.1) is 5.82 Å². The number of hydrogen-bond acceptors (Lipinski definition) is 3. The third-order valence-electron chi connectivity index (χ3n) is 11.4. The average molecular weight is 747 g/mol. The predicted octanol–water partition coefficient (Wildman–Crippen LogP) is 13.7. The van der Waals surface area contributed by atoms with E-state index in [1.54, 1.807) is 6.07 Å². The van der Waals surface area contributed by atoms with Gasteiger partial charge in [0, 0.05) is 49.1 Å². The van der Waals surface area contributed by atoms with E-state index < -0.39 is 0 Å². The number of furan rings is 1. The second-order valence-corrected chi connectivity index (χ2v) is 14.8. The number of hydrogen-bond donors (Lipinski definition) is 0. The van der Waals surface area contributed by atoms with E-state index in [-0.39, 0.29) is 5.82 Å². The topological polar surface area (TPSA) is 48.8 Å². The second-order valence-electron chi connectivity index (χ2n) is 14.8. The van der Waals surface area contributed by atoms with Crippen molar-refractivity contribution in [1.82, 2.24) is 19.1 Å². The van der Waals surface area contributed by atoms with Crippen LogP contribution in [0.1, 0.15) is 0 Å². The van der Waals surface area contributed by atoms with Gasteiger partial charge in [-0.2, -0.15) is 0 Å². The highest BCUT2D eigenvalue weighted by Crippen LogP contribution is 2.39. The summed E-state index contributed by atoms with van der Waals surface area (Å²) in [6.07, 6.45) is 0. The Labute approximate surface area is 331 Å². The van der Waals surface area contributed by atoms with Crippen molar-refractivity contribution in [3.63, 3.8) is 0 Å². The maximum absolute atomic E-state index is 14.4. The zero-order valence-corrected chi connectivity index (χ0v) is 31.0. The van der Waals surface area contributed by atoms with Gasteiger partial charge in [0.1, 0.15) is 17.0 Å². The molecule has 12 aromatic rings. The van der Waals surface area contributed by atoms with Gasteiger partial charge in [-0.1, -0.05) is 103 Å². The van der Waals surface area contributed by atoms with Crippen molar-refractivity contribution in [3.8, 4) is 45.3 Å². The SMILES string of the molecule is Fc1ccc2oc3ccc(-c4cc(-c5ccccc5)nc(-n5c6ccccc6c6ccc(-c7ccc8c(c7)c7ccccc7n8-c7ccccc7)cc65)n4)cc3c2c1. The average Bonchev–Trinajstić information content (AvgIpc) is 3.93. The molecule has 0 spiro atoms. The summed E-state index contributed by atoms with van der Waals surface area (Å²) < 4.78 is 25.0. The number of halogens is 1. The van der Waals surface area contributed by atoms with Crippen molar-refractivity contribution >= 4 is 65.6 Å². The van der Waals surface area contributed by atoms with Gasteiger partial charge >= 0.3 is 0 Å². The monoisotopic (exact) mass is 746 g/mol. The number of benzene rings is 8. The van der Waals surface area contributed by atoms with E-state index in [2.05, 4.69) is 137 Å². The first kappa shape index (κ1) is 32.4. The molecule has 0 saturated heterocycles. The highest BCUT2D eigenvalue weighted by molar-refractivity contribution is 6.12. The third-order valence-corrected chi connectivity index (χ3v) is 11.4. The minimum atomic E-state index is -0.305. The molecule has 0 amide bonds. The molecule has 0 atom stereocenters. The van der Waals surface area contributed by atoms with Crippen LogP contribution in [0.25, 0.3) is 111 Å². The van der Waals surface area contributed by atoms with Gasteiger partial charge in [0.25, 0.3) is 0 Å². The molecule has 0 bridgehead atoms. The Morgan fingerprint density at radius 2 is 0.914 bits per heavy atom. The van der Waals surface area contributed by atoms with E-state index in [1.807, 2.05) is 42.5 Å². The van der Waals surface area contributed by atoms with Crippen LogP contribution in [-0.2, 0) is 0 Å². The molecule has 12 rings (SSSR count). The van der Waals surface area contributed by atoms with E-state index in [1.165, 1.54) is 28.4 Å². The van der Waals surface area contributed by atoms with Crippen molar-refractivity contribution in [2.24, 2.45) is 0 Å². The number of fused-ring (bicyclic) bond motifs is 9. The van der Waals surface area contributed by atoms with Gasteiger partial charge in [-0.25, -0.2) is 14.4 Å². The molecule has 272 valence electrons. The normalized spacial score (nSPS) is 11.9. The van der Waals surface area contributed by atoms with Crippen LogP contribution in [0.15, 0.2) is 192 Å². The molecule has 0 saturated carbocycles. The quantitative estimate of drug-likeness (QED) is 0.176. The second kappa shape index (κ2) is 12.6. The summed E-state index contributed by atoms with van der Waals surface area (Å²) in [5.41, 5.74) is 12.5. The molecule has 5 nitrogen and oxygen atoms in total. The van der Waals surface area contributed by atoms with Gasteiger partial charge in [-0.05, 0) is 96.1 Å². The van der Waals surface area contributed by atoms with Gasteiger partial charge < -0.3 is 8.98 Å². The molecule has 0 fully saturated rings. The largest absolute Gasteiger partial charge is 0.456 e. The molecule has 0 aliphatic rings. The Balaban J connectivity index is 1.08. The van der Waals surface area contributed by atoms with Crippen LogP contribution in [-0.4, -0.2) is 19.1 Å². The van der Waals surface area contributed by atoms with Crippen molar-refractivity contribution in [3.05, 3.63) is 194 Å². The summed E-state index contributed by atoms with van der Waals surface area (Å²) in [6.45, 7) is 0. The lowest BCUT2D eigenvalue weighted by molar-refractivity contribution is 0.626. The van der Waals surface area contributed by atoms with Gasteiger partial charge in [-0.3, -0.25) is 4.57 Å². The standard InChI is InChI=1S/C52H31FN4O/c53-36-22-26-51-43(30-36)42-28-35(21-25-50(42)58-51)45-31-44(32-11-3-1-4-12-32)54-52(55-45)57-47-18-10-7-15-38(47)40-23-19-34(29-49(40)57)33-20-24-48-41(27-33)39-16-8-9-17-46(39)56(48)37-13-5-2-6-14-37/h1-31H. The van der Waals surface area contributed by atoms with Crippen LogP contribution in [0.4, 0.5) is 4.39 Å². The van der Waals surface area contributed by atoms with E-state index in [0.717, 1.165) is 77.4 Å². The molecule has 6 heteroatoms. The predicted molar refractivity (Wildman–Crippen MR) is 234 cm³/mol. The summed E-state index contributed by atoms with van der Waals surface area (Å²) in [5.74, 6) is 0.255. The van der Waals surface area contributed by atoms with E-state index in [9.17, 15) is 4.39 Å². The van der Waals surface area contributed by atoms with E-state index >= 15 is 0 Å². The van der Waals surface area contributed by atoms with Gasteiger partial charge in [-0.15, -0.1) is 0 Å². The highest BCUT2D eigenvalue weighted by atomic mass is 19.1. The first-order valence-electron chi connectivity index (χ1n) is 19.3.